The third-order valence-electron chi connectivity index (χ3n) is 3.68. The Hall–Kier alpha value is -2.33. The number of anilines is 1. The molecule has 4 heteroatoms. The van der Waals surface area contributed by atoms with E-state index >= 15 is 0 Å². The number of imidazole rings is 1. The molecule has 108 valence electrons. The summed E-state index contributed by atoms with van der Waals surface area (Å²) in [6.45, 7) is 2.18. The molecule has 0 unspecified atom stereocenters. The molecule has 3 aromatic rings. The molecule has 0 saturated carbocycles. The lowest BCUT2D eigenvalue weighted by Gasteiger charge is -2.02. The number of rotatable bonds is 4. The van der Waals surface area contributed by atoms with Gasteiger partial charge in [0, 0.05) is 11.8 Å². The van der Waals surface area contributed by atoms with E-state index in [9.17, 15) is 5.11 Å². The molecule has 3 N–H and O–H groups in total. The largest absolute Gasteiger partial charge is 0.392 e. The van der Waals surface area contributed by atoms with E-state index in [4.69, 9.17) is 5.73 Å². The van der Waals surface area contributed by atoms with Crippen molar-refractivity contribution in [1.82, 2.24) is 9.38 Å². The number of nitrogens with zero attached hydrogens (tertiary/aromatic N) is 2. The second-order valence-electron chi connectivity index (χ2n) is 5.21. The van der Waals surface area contributed by atoms with Crippen LogP contribution in [0, 0.1) is 0 Å². The Kier molecular flexibility index (Phi) is 3.62. The summed E-state index contributed by atoms with van der Waals surface area (Å²) in [6.07, 6.45) is 4.07. The first-order valence-electron chi connectivity index (χ1n) is 7.19. The normalized spacial score (nSPS) is 11.1. The molecule has 2 aromatic heterocycles. The van der Waals surface area contributed by atoms with Crippen LogP contribution < -0.4 is 5.73 Å². The minimum Gasteiger partial charge on any atom is -0.392 e. The first-order chi connectivity index (χ1) is 10.2. The Bertz CT molecular complexity index is 760. The molecule has 1 aromatic carbocycles. The van der Waals surface area contributed by atoms with Crippen LogP contribution in [0.4, 0.5) is 5.82 Å². The summed E-state index contributed by atoms with van der Waals surface area (Å²) in [7, 11) is 0. The molecule has 0 radical (unpaired) electrons. The van der Waals surface area contributed by atoms with Gasteiger partial charge in [-0.3, -0.25) is 4.40 Å². The highest BCUT2D eigenvalue weighted by Gasteiger charge is 2.11. The molecular weight excluding hydrogens is 262 g/mol. The minimum atomic E-state index is 0.00428. The van der Waals surface area contributed by atoms with Crippen LogP contribution in [-0.2, 0) is 13.0 Å². The van der Waals surface area contributed by atoms with E-state index in [1.807, 2.05) is 22.7 Å². The van der Waals surface area contributed by atoms with Gasteiger partial charge in [0.2, 0.25) is 0 Å². The average molecular weight is 281 g/mol. The Labute approximate surface area is 123 Å². The standard InChI is InChI=1S/C17H19N3O/c1-2-3-12-4-6-14(7-5-12)16-17(18)20-9-8-13(11-21)10-15(20)19-16/h4-10,21H,2-3,11,18H2,1H3. The first kappa shape index (κ1) is 13.6. The number of aliphatic hydroxyl groups excluding tert-OH is 1. The zero-order valence-corrected chi connectivity index (χ0v) is 12.1. The van der Waals surface area contributed by atoms with E-state index in [0.29, 0.717) is 5.82 Å². The van der Waals surface area contributed by atoms with Gasteiger partial charge in [-0.05, 0) is 29.7 Å². The van der Waals surface area contributed by atoms with Crippen molar-refractivity contribution in [2.24, 2.45) is 0 Å². The average Bonchev–Trinajstić information content (AvgIpc) is 2.85. The molecule has 0 aliphatic carbocycles. The van der Waals surface area contributed by atoms with Crippen molar-refractivity contribution in [3.63, 3.8) is 0 Å². The van der Waals surface area contributed by atoms with E-state index in [1.165, 1.54) is 5.56 Å². The Morgan fingerprint density at radius 1 is 1.14 bits per heavy atom. The fourth-order valence-electron chi connectivity index (χ4n) is 2.53. The van der Waals surface area contributed by atoms with Crippen molar-refractivity contribution < 1.29 is 5.11 Å². The van der Waals surface area contributed by atoms with Gasteiger partial charge in [0.1, 0.15) is 17.2 Å². The summed E-state index contributed by atoms with van der Waals surface area (Å²) in [6, 6.07) is 12.1. The number of aliphatic hydroxyl groups is 1. The Morgan fingerprint density at radius 3 is 2.57 bits per heavy atom. The maximum Gasteiger partial charge on any atom is 0.139 e. The van der Waals surface area contributed by atoms with E-state index < -0.39 is 0 Å². The molecule has 0 fully saturated rings. The fourth-order valence-corrected chi connectivity index (χ4v) is 2.53. The lowest BCUT2D eigenvalue weighted by atomic mass is 10.1. The van der Waals surface area contributed by atoms with Gasteiger partial charge in [-0.25, -0.2) is 4.98 Å². The number of pyridine rings is 1. The van der Waals surface area contributed by atoms with Crippen LogP contribution in [0.25, 0.3) is 16.9 Å². The number of benzene rings is 1. The van der Waals surface area contributed by atoms with E-state index in [1.54, 1.807) is 0 Å². The summed E-state index contributed by atoms with van der Waals surface area (Å²) < 4.78 is 1.84. The molecule has 0 bridgehead atoms. The molecule has 0 aliphatic heterocycles. The predicted molar refractivity (Wildman–Crippen MR) is 85.0 cm³/mol. The van der Waals surface area contributed by atoms with Crippen LogP contribution in [0.3, 0.4) is 0 Å². The molecule has 21 heavy (non-hydrogen) atoms. The predicted octanol–water partition coefficient (Wildman–Crippen LogP) is 3.03. The molecule has 0 spiro atoms. The van der Waals surface area contributed by atoms with Gasteiger partial charge in [-0.2, -0.15) is 0 Å². The van der Waals surface area contributed by atoms with Crippen molar-refractivity contribution in [3.8, 4) is 11.3 Å². The smallest absolute Gasteiger partial charge is 0.139 e. The number of fused-ring (bicyclic) bond motifs is 1. The van der Waals surface area contributed by atoms with E-state index in [0.717, 1.165) is 35.3 Å². The van der Waals surface area contributed by atoms with Gasteiger partial charge in [-0.1, -0.05) is 37.6 Å². The van der Waals surface area contributed by atoms with Crippen LogP contribution in [0.2, 0.25) is 0 Å². The molecule has 0 saturated heterocycles. The van der Waals surface area contributed by atoms with Crippen LogP contribution in [-0.4, -0.2) is 14.5 Å². The monoisotopic (exact) mass is 281 g/mol. The van der Waals surface area contributed by atoms with Crippen LogP contribution in [0.15, 0.2) is 42.6 Å². The summed E-state index contributed by atoms with van der Waals surface area (Å²) in [5.41, 5.74) is 10.9. The number of hydrogen-bond donors (Lipinski definition) is 2. The molecular formula is C17H19N3O. The van der Waals surface area contributed by atoms with Gasteiger partial charge in [-0.15, -0.1) is 0 Å². The Balaban J connectivity index is 2.05. The van der Waals surface area contributed by atoms with Crippen molar-refractivity contribution >= 4 is 11.5 Å². The van der Waals surface area contributed by atoms with Crippen LogP contribution >= 0.6 is 0 Å². The number of nitrogens with two attached hydrogens (primary N) is 1. The van der Waals surface area contributed by atoms with Crippen molar-refractivity contribution in [1.29, 1.82) is 0 Å². The van der Waals surface area contributed by atoms with Gasteiger partial charge < -0.3 is 10.8 Å². The summed E-state index contributed by atoms with van der Waals surface area (Å²) in [5.74, 6) is 0.623. The van der Waals surface area contributed by atoms with Gasteiger partial charge in [0.15, 0.2) is 0 Å². The zero-order chi connectivity index (χ0) is 14.8. The highest BCUT2D eigenvalue weighted by atomic mass is 16.3. The third kappa shape index (κ3) is 2.50. The van der Waals surface area contributed by atoms with E-state index in [2.05, 4.69) is 36.2 Å². The molecule has 3 rings (SSSR count). The number of nitrogen functional groups attached to an aromatic ring is 1. The molecule has 0 atom stereocenters. The SMILES string of the molecule is CCCc1ccc(-c2nc3cc(CO)ccn3c2N)cc1. The van der Waals surface area contributed by atoms with Crippen molar-refractivity contribution in [2.45, 2.75) is 26.4 Å². The van der Waals surface area contributed by atoms with Gasteiger partial charge in [0.05, 0.1) is 6.61 Å². The maximum absolute atomic E-state index is 9.20. The molecule has 4 nitrogen and oxygen atoms in total. The highest BCUT2D eigenvalue weighted by molar-refractivity contribution is 5.75. The lowest BCUT2D eigenvalue weighted by Crippen LogP contribution is -1.95. The van der Waals surface area contributed by atoms with Gasteiger partial charge >= 0.3 is 0 Å². The summed E-state index contributed by atoms with van der Waals surface area (Å²) in [4.78, 5) is 4.59. The maximum atomic E-state index is 9.20. The van der Waals surface area contributed by atoms with Crippen LogP contribution in [0.5, 0.6) is 0 Å². The summed E-state index contributed by atoms with van der Waals surface area (Å²) >= 11 is 0. The zero-order valence-electron chi connectivity index (χ0n) is 12.1. The molecule has 0 aliphatic rings. The molecule has 2 heterocycles. The van der Waals surface area contributed by atoms with Crippen molar-refractivity contribution in [2.75, 3.05) is 5.73 Å². The summed E-state index contributed by atoms with van der Waals surface area (Å²) in [5, 5.41) is 9.20. The molecule has 0 amide bonds. The quantitative estimate of drug-likeness (QED) is 0.772. The second kappa shape index (κ2) is 5.58. The minimum absolute atomic E-state index is 0.00428. The lowest BCUT2D eigenvalue weighted by molar-refractivity contribution is 0.282. The van der Waals surface area contributed by atoms with Gasteiger partial charge in [0.25, 0.3) is 0 Å². The fraction of sp³-hybridized carbons (Fsp3) is 0.235. The van der Waals surface area contributed by atoms with Crippen LogP contribution in [0.1, 0.15) is 24.5 Å². The number of aromatic nitrogens is 2. The topological polar surface area (TPSA) is 63.5 Å². The van der Waals surface area contributed by atoms with E-state index in [-0.39, 0.29) is 6.61 Å². The van der Waals surface area contributed by atoms with Crippen molar-refractivity contribution in [3.05, 3.63) is 53.7 Å². The third-order valence-corrected chi connectivity index (χ3v) is 3.68. The number of hydrogen-bond acceptors (Lipinski definition) is 3. The first-order valence-corrected chi connectivity index (χ1v) is 7.19. The number of aryl methyl sites for hydroxylation is 1. The Morgan fingerprint density at radius 2 is 1.90 bits per heavy atom. The second-order valence-corrected chi connectivity index (χ2v) is 5.21. The highest BCUT2D eigenvalue weighted by Crippen LogP contribution is 2.27.